The van der Waals surface area contributed by atoms with Crippen LogP contribution in [0.25, 0.3) is 0 Å². The molecule has 0 aliphatic rings. The number of ether oxygens (including phenoxy) is 1. The van der Waals surface area contributed by atoms with Gasteiger partial charge < -0.3 is 14.9 Å². The highest BCUT2D eigenvalue weighted by Gasteiger charge is 1.99. The lowest BCUT2D eigenvalue weighted by Crippen LogP contribution is -2.19. The van der Waals surface area contributed by atoms with Crippen molar-refractivity contribution in [3.05, 3.63) is 0 Å². The fourth-order valence-corrected chi connectivity index (χ4v) is 0.207. The van der Waals surface area contributed by atoms with Gasteiger partial charge in [0.25, 0.3) is 0 Å². The van der Waals surface area contributed by atoms with Crippen LogP contribution in [-0.4, -0.2) is 36.6 Å². The van der Waals surface area contributed by atoms with E-state index in [0.717, 1.165) is 0 Å². The summed E-state index contributed by atoms with van der Waals surface area (Å²) in [6, 6.07) is 0. The predicted octanol–water partition coefficient (Wildman–Crippen LogP) is -1.01. The zero-order valence-corrected chi connectivity index (χ0v) is 4.29. The zero-order chi connectivity index (χ0) is 5.70. The molecule has 0 aliphatic carbocycles. The van der Waals surface area contributed by atoms with Crippen molar-refractivity contribution in [2.75, 3.05) is 20.3 Å². The predicted molar refractivity (Wildman–Crippen MR) is 25.0 cm³/mol. The number of aliphatic hydroxyl groups is 2. The second-order valence-electron chi connectivity index (χ2n) is 1.22. The molecule has 0 saturated carbocycles. The molecular weight excluding hydrogens is 96.0 g/mol. The molecule has 0 radical (unpaired) electrons. The van der Waals surface area contributed by atoms with Gasteiger partial charge in [0.2, 0.25) is 0 Å². The van der Waals surface area contributed by atoms with E-state index in [9.17, 15) is 0 Å². The molecule has 0 amide bonds. The summed E-state index contributed by atoms with van der Waals surface area (Å²) in [5.74, 6) is 0. The summed E-state index contributed by atoms with van der Waals surface area (Å²) >= 11 is 0. The smallest absolute Gasteiger partial charge is 0.103 e. The highest BCUT2D eigenvalue weighted by Crippen LogP contribution is 1.82. The van der Waals surface area contributed by atoms with E-state index in [4.69, 9.17) is 10.2 Å². The van der Waals surface area contributed by atoms with Crippen LogP contribution in [0, 0.1) is 0 Å². The maximum atomic E-state index is 8.24. The third-order valence-corrected chi connectivity index (χ3v) is 0.741. The van der Waals surface area contributed by atoms with E-state index in [0.29, 0.717) is 0 Å². The third kappa shape index (κ3) is 2.56. The molecule has 0 unspecified atom stereocenters. The van der Waals surface area contributed by atoms with Crippen molar-refractivity contribution in [2.45, 2.75) is 6.10 Å². The average Bonchev–Trinajstić information content (AvgIpc) is 1.72. The second kappa shape index (κ2) is 4.05. The zero-order valence-electron chi connectivity index (χ0n) is 4.29. The van der Waals surface area contributed by atoms with Gasteiger partial charge in [0, 0.05) is 7.11 Å². The van der Waals surface area contributed by atoms with Crippen LogP contribution in [0.5, 0.6) is 0 Å². The van der Waals surface area contributed by atoms with Gasteiger partial charge in [0.1, 0.15) is 6.10 Å². The molecule has 7 heavy (non-hydrogen) atoms. The van der Waals surface area contributed by atoms with Crippen molar-refractivity contribution < 1.29 is 14.9 Å². The van der Waals surface area contributed by atoms with Crippen LogP contribution in [0.1, 0.15) is 0 Å². The van der Waals surface area contributed by atoms with E-state index in [2.05, 4.69) is 4.74 Å². The van der Waals surface area contributed by atoms with Crippen molar-refractivity contribution in [3.63, 3.8) is 0 Å². The quantitative estimate of drug-likeness (QED) is 0.484. The standard InChI is InChI=1S/C4H10O3/c1-7-4(2-5)3-6/h4-6H,2-3H2,1H3. The Morgan fingerprint density at radius 1 is 1.43 bits per heavy atom. The van der Waals surface area contributed by atoms with Crippen molar-refractivity contribution in [1.82, 2.24) is 0 Å². The summed E-state index contributed by atoms with van der Waals surface area (Å²) in [6.07, 6.45) is -0.403. The summed E-state index contributed by atoms with van der Waals surface area (Å²) in [5, 5.41) is 16.5. The largest absolute Gasteiger partial charge is 0.394 e. The first-order chi connectivity index (χ1) is 3.35. The van der Waals surface area contributed by atoms with Gasteiger partial charge in [-0.05, 0) is 0 Å². The van der Waals surface area contributed by atoms with Crippen LogP contribution >= 0.6 is 0 Å². The van der Waals surface area contributed by atoms with Crippen LogP contribution in [0.3, 0.4) is 0 Å². The number of methoxy groups -OCH3 is 1. The summed E-state index contributed by atoms with van der Waals surface area (Å²) < 4.78 is 4.55. The SMILES string of the molecule is COC(CO)CO. The van der Waals surface area contributed by atoms with Crippen molar-refractivity contribution in [3.8, 4) is 0 Å². The molecule has 0 aromatic heterocycles. The van der Waals surface area contributed by atoms with Gasteiger partial charge >= 0.3 is 0 Å². The van der Waals surface area contributed by atoms with Gasteiger partial charge in [0.15, 0.2) is 0 Å². The lowest BCUT2D eigenvalue weighted by molar-refractivity contribution is 0.00933. The lowest BCUT2D eigenvalue weighted by atomic mass is 10.4. The number of hydrogen-bond acceptors (Lipinski definition) is 3. The van der Waals surface area contributed by atoms with E-state index in [1.54, 1.807) is 0 Å². The molecule has 0 aromatic rings. The van der Waals surface area contributed by atoms with Crippen molar-refractivity contribution in [2.24, 2.45) is 0 Å². The Balaban J connectivity index is 2.99. The topological polar surface area (TPSA) is 49.7 Å². The second-order valence-corrected chi connectivity index (χ2v) is 1.22. The van der Waals surface area contributed by atoms with Gasteiger partial charge in [-0.15, -0.1) is 0 Å². The Labute approximate surface area is 42.5 Å². The van der Waals surface area contributed by atoms with Gasteiger partial charge in [0.05, 0.1) is 13.2 Å². The Morgan fingerprint density at radius 3 is 1.86 bits per heavy atom. The molecular formula is C4H10O3. The van der Waals surface area contributed by atoms with Crippen LogP contribution in [0.4, 0.5) is 0 Å². The number of rotatable bonds is 3. The molecule has 3 nitrogen and oxygen atoms in total. The van der Waals surface area contributed by atoms with E-state index in [-0.39, 0.29) is 13.2 Å². The molecule has 0 spiro atoms. The normalized spacial score (nSPS) is 10.3. The Kier molecular flexibility index (Phi) is 3.98. The first kappa shape index (κ1) is 6.88. The van der Waals surface area contributed by atoms with E-state index in [1.165, 1.54) is 7.11 Å². The summed E-state index contributed by atoms with van der Waals surface area (Å²) in [6.45, 7) is -0.236. The third-order valence-electron chi connectivity index (χ3n) is 0.741. The molecule has 0 fully saturated rings. The highest BCUT2D eigenvalue weighted by molar-refractivity contribution is 4.47. The monoisotopic (exact) mass is 106 g/mol. The first-order valence-corrected chi connectivity index (χ1v) is 2.09. The fraction of sp³-hybridized carbons (Fsp3) is 1.00. The highest BCUT2D eigenvalue weighted by atomic mass is 16.5. The van der Waals surface area contributed by atoms with E-state index < -0.39 is 6.10 Å². The molecule has 44 valence electrons. The van der Waals surface area contributed by atoms with Crippen LogP contribution in [-0.2, 0) is 4.74 Å². The van der Waals surface area contributed by atoms with Crippen molar-refractivity contribution >= 4 is 0 Å². The van der Waals surface area contributed by atoms with E-state index in [1.807, 2.05) is 0 Å². The minimum Gasteiger partial charge on any atom is -0.394 e. The Morgan fingerprint density at radius 2 is 1.86 bits per heavy atom. The Bertz CT molecular complexity index is 28.4. The molecule has 3 heteroatoms. The maximum absolute atomic E-state index is 8.24. The van der Waals surface area contributed by atoms with Gasteiger partial charge in [-0.1, -0.05) is 0 Å². The molecule has 0 bridgehead atoms. The molecule has 0 heterocycles. The van der Waals surface area contributed by atoms with Gasteiger partial charge in [-0.3, -0.25) is 0 Å². The maximum Gasteiger partial charge on any atom is 0.103 e. The minimum absolute atomic E-state index is 0.118. The van der Waals surface area contributed by atoms with Gasteiger partial charge in [-0.2, -0.15) is 0 Å². The molecule has 0 saturated heterocycles. The first-order valence-electron chi connectivity index (χ1n) is 2.09. The van der Waals surface area contributed by atoms with Gasteiger partial charge in [-0.25, -0.2) is 0 Å². The van der Waals surface area contributed by atoms with Crippen LogP contribution in [0.2, 0.25) is 0 Å². The molecule has 0 aliphatic heterocycles. The summed E-state index contributed by atoms with van der Waals surface area (Å²) in [4.78, 5) is 0. The molecule has 0 rings (SSSR count). The van der Waals surface area contributed by atoms with E-state index >= 15 is 0 Å². The van der Waals surface area contributed by atoms with Crippen molar-refractivity contribution in [1.29, 1.82) is 0 Å². The molecule has 0 aromatic carbocycles. The molecule has 0 atom stereocenters. The summed E-state index contributed by atoms with van der Waals surface area (Å²) in [5.41, 5.74) is 0. The lowest BCUT2D eigenvalue weighted by Gasteiger charge is -2.05. The minimum atomic E-state index is -0.403. The number of aliphatic hydroxyl groups excluding tert-OH is 2. The van der Waals surface area contributed by atoms with Crippen LogP contribution in [0.15, 0.2) is 0 Å². The Hall–Kier alpha value is -0.120. The van der Waals surface area contributed by atoms with Crippen LogP contribution < -0.4 is 0 Å². The summed E-state index contributed by atoms with van der Waals surface area (Å²) in [7, 11) is 1.44. The average molecular weight is 106 g/mol. The number of hydrogen-bond donors (Lipinski definition) is 2. The fourth-order valence-electron chi connectivity index (χ4n) is 0.207. The molecule has 2 N–H and O–H groups in total.